The largest absolute Gasteiger partial charge is 0.465 e. The highest BCUT2D eigenvalue weighted by molar-refractivity contribution is 7.11. The fourth-order valence-corrected chi connectivity index (χ4v) is 2.39. The van der Waals surface area contributed by atoms with Crippen molar-refractivity contribution < 1.29 is 14.3 Å². The Hall–Kier alpha value is -1.27. The first-order valence-electron chi connectivity index (χ1n) is 5.43. The van der Waals surface area contributed by atoms with E-state index in [1.54, 1.807) is 5.38 Å². The van der Waals surface area contributed by atoms with E-state index in [1.165, 1.54) is 18.4 Å². The predicted octanol–water partition coefficient (Wildman–Crippen LogP) is 2.46. The van der Waals surface area contributed by atoms with E-state index in [0.29, 0.717) is 23.7 Å². The first kappa shape index (κ1) is 14.8. The Morgan fingerprint density at radius 1 is 1.50 bits per heavy atom. The molecule has 0 bridgehead atoms. The molecular weight excluding hydrogens is 276 g/mol. The Labute approximate surface area is 114 Å². The third-order valence-corrected chi connectivity index (χ3v) is 3.53. The molecule has 7 heteroatoms. The summed E-state index contributed by atoms with van der Waals surface area (Å²) in [7, 11) is 1.31. The van der Waals surface area contributed by atoms with Gasteiger partial charge in [-0.15, -0.1) is 22.9 Å². The average Bonchev–Trinajstić information content (AvgIpc) is 2.78. The molecule has 0 fully saturated rings. The molecule has 0 aliphatic rings. The van der Waals surface area contributed by atoms with Crippen LogP contribution < -0.4 is 10.6 Å². The second-order valence-corrected chi connectivity index (χ2v) is 4.70. The standard InChI is InChI=1S/C11H15ClN2O3S/c1-3-8-9(14-11(16)13-5-4-12)7(6-18-8)10(15)17-2/h6H,3-5H2,1-2H3,(H2,13,14,16). The molecule has 5 nitrogen and oxygen atoms in total. The zero-order chi connectivity index (χ0) is 13.5. The number of thiophene rings is 1. The van der Waals surface area contributed by atoms with Gasteiger partial charge in [0.25, 0.3) is 0 Å². The molecule has 100 valence electrons. The molecule has 0 aliphatic carbocycles. The molecule has 0 unspecified atom stereocenters. The molecular formula is C11H15ClN2O3S. The molecule has 1 aromatic rings. The molecule has 1 rings (SSSR count). The van der Waals surface area contributed by atoms with Crippen LogP contribution in [0, 0.1) is 0 Å². The Bertz CT molecular complexity index is 434. The van der Waals surface area contributed by atoms with Gasteiger partial charge in [0.05, 0.1) is 18.4 Å². The Morgan fingerprint density at radius 3 is 2.78 bits per heavy atom. The van der Waals surface area contributed by atoms with Crippen LogP contribution in [0.4, 0.5) is 10.5 Å². The van der Waals surface area contributed by atoms with Crippen molar-refractivity contribution in [1.82, 2.24) is 5.32 Å². The van der Waals surface area contributed by atoms with Crippen LogP contribution in [-0.4, -0.2) is 31.5 Å². The third-order valence-electron chi connectivity index (χ3n) is 2.21. The van der Waals surface area contributed by atoms with Gasteiger partial charge < -0.3 is 15.4 Å². The van der Waals surface area contributed by atoms with E-state index in [2.05, 4.69) is 15.4 Å². The van der Waals surface area contributed by atoms with E-state index in [-0.39, 0.29) is 6.03 Å². The van der Waals surface area contributed by atoms with E-state index in [9.17, 15) is 9.59 Å². The first-order valence-corrected chi connectivity index (χ1v) is 6.84. The quantitative estimate of drug-likeness (QED) is 0.646. The van der Waals surface area contributed by atoms with Gasteiger partial charge in [-0.3, -0.25) is 0 Å². The molecule has 0 aromatic carbocycles. The van der Waals surface area contributed by atoms with Crippen molar-refractivity contribution in [2.75, 3.05) is 24.9 Å². The number of methoxy groups -OCH3 is 1. The highest BCUT2D eigenvalue weighted by atomic mass is 35.5. The van der Waals surface area contributed by atoms with Gasteiger partial charge in [0.15, 0.2) is 0 Å². The Kier molecular flexibility index (Phi) is 5.94. The number of alkyl halides is 1. The number of rotatable bonds is 5. The maximum atomic E-state index is 11.6. The summed E-state index contributed by atoms with van der Waals surface area (Å²) >= 11 is 6.89. The topological polar surface area (TPSA) is 67.4 Å². The highest BCUT2D eigenvalue weighted by Crippen LogP contribution is 2.29. The summed E-state index contributed by atoms with van der Waals surface area (Å²) in [5.74, 6) is -0.125. The van der Waals surface area contributed by atoms with Gasteiger partial charge in [-0.25, -0.2) is 9.59 Å². The van der Waals surface area contributed by atoms with Crippen molar-refractivity contribution in [3.8, 4) is 0 Å². The lowest BCUT2D eigenvalue weighted by molar-refractivity contribution is 0.0602. The van der Waals surface area contributed by atoms with Crippen LogP contribution in [0.15, 0.2) is 5.38 Å². The number of halogens is 1. The predicted molar refractivity (Wildman–Crippen MR) is 72.8 cm³/mol. The van der Waals surface area contributed by atoms with Gasteiger partial charge in [-0.1, -0.05) is 6.92 Å². The third kappa shape index (κ3) is 3.61. The number of amides is 2. The first-order chi connectivity index (χ1) is 8.63. The zero-order valence-electron chi connectivity index (χ0n) is 10.2. The van der Waals surface area contributed by atoms with Crippen LogP contribution in [0.5, 0.6) is 0 Å². The lowest BCUT2D eigenvalue weighted by atomic mass is 10.2. The Morgan fingerprint density at radius 2 is 2.22 bits per heavy atom. The highest BCUT2D eigenvalue weighted by Gasteiger charge is 2.19. The van der Waals surface area contributed by atoms with Crippen molar-refractivity contribution in [3.63, 3.8) is 0 Å². The number of carbonyl (C=O) groups is 2. The van der Waals surface area contributed by atoms with Gasteiger partial charge in [-0.05, 0) is 6.42 Å². The molecule has 1 heterocycles. The van der Waals surface area contributed by atoms with Crippen molar-refractivity contribution in [2.45, 2.75) is 13.3 Å². The molecule has 0 saturated heterocycles. The summed E-state index contributed by atoms with van der Waals surface area (Å²) in [6.45, 7) is 2.32. The zero-order valence-corrected chi connectivity index (χ0v) is 11.8. The van der Waals surface area contributed by atoms with Gasteiger partial charge in [-0.2, -0.15) is 0 Å². The number of urea groups is 1. The van der Waals surface area contributed by atoms with Gasteiger partial charge in [0, 0.05) is 22.7 Å². The van der Waals surface area contributed by atoms with E-state index < -0.39 is 5.97 Å². The number of anilines is 1. The molecule has 1 aromatic heterocycles. The summed E-state index contributed by atoms with van der Waals surface area (Å²) in [6, 6.07) is -0.381. The second kappa shape index (κ2) is 7.23. The molecule has 0 saturated carbocycles. The Balaban J connectivity index is 2.87. The number of aryl methyl sites for hydroxylation is 1. The molecule has 0 aliphatic heterocycles. The fraction of sp³-hybridized carbons (Fsp3) is 0.455. The van der Waals surface area contributed by atoms with Gasteiger partial charge in [0.2, 0.25) is 0 Å². The molecule has 18 heavy (non-hydrogen) atoms. The molecule has 0 radical (unpaired) electrons. The number of ether oxygens (including phenoxy) is 1. The lowest BCUT2D eigenvalue weighted by Crippen LogP contribution is -2.30. The number of nitrogens with one attached hydrogen (secondary N) is 2. The van der Waals surface area contributed by atoms with Gasteiger partial charge >= 0.3 is 12.0 Å². The maximum Gasteiger partial charge on any atom is 0.340 e. The van der Waals surface area contributed by atoms with Crippen LogP contribution in [-0.2, 0) is 11.2 Å². The van der Waals surface area contributed by atoms with Crippen molar-refractivity contribution in [2.24, 2.45) is 0 Å². The van der Waals surface area contributed by atoms with Crippen LogP contribution in [0.25, 0.3) is 0 Å². The van der Waals surface area contributed by atoms with Crippen LogP contribution in [0.1, 0.15) is 22.2 Å². The summed E-state index contributed by atoms with van der Waals surface area (Å²) in [5.41, 5.74) is 0.891. The van der Waals surface area contributed by atoms with Crippen molar-refractivity contribution >= 4 is 40.6 Å². The molecule has 0 spiro atoms. The summed E-state index contributed by atoms with van der Waals surface area (Å²) in [6.07, 6.45) is 0.729. The lowest BCUT2D eigenvalue weighted by Gasteiger charge is -2.08. The van der Waals surface area contributed by atoms with E-state index in [1.807, 2.05) is 6.92 Å². The minimum Gasteiger partial charge on any atom is -0.465 e. The fourth-order valence-electron chi connectivity index (χ4n) is 1.37. The van der Waals surface area contributed by atoms with E-state index in [4.69, 9.17) is 11.6 Å². The van der Waals surface area contributed by atoms with Crippen LogP contribution in [0.2, 0.25) is 0 Å². The summed E-state index contributed by atoms with van der Waals surface area (Å²) in [4.78, 5) is 24.1. The number of hydrogen-bond donors (Lipinski definition) is 2. The van der Waals surface area contributed by atoms with E-state index >= 15 is 0 Å². The smallest absolute Gasteiger partial charge is 0.340 e. The normalized spacial score (nSPS) is 9.94. The van der Waals surface area contributed by atoms with Crippen LogP contribution >= 0.6 is 22.9 Å². The molecule has 2 N–H and O–H groups in total. The van der Waals surface area contributed by atoms with Gasteiger partial charge in [0.1, 0.15) is 0 Å². The second-order valence-electron chi connectivity index (χ2n) is 3.36. The van der Waals surface area contributed by atoms with E-state index in [0.717, 1.165) is 11.3 Å². The van der Waals surface area contributed by atoms with Crippen molar-refractivity contribution in [3.05, 3.63) is 15.8 Å². The summed E-state index contributed by atoms with van der Waals surface area (Å²) < 4.78 is 4.67. The maximum absolute atomic E-state index is 11.6. The minimum atomic E-state index is -0.460. The van der Waals surface area contributed by atoms with Crippen molar-refractivity contribution in [1.29, 1.82) is 0 Å². The number of carbonyl (C=O) groups excluding carboxylic acids is 2. The SMILES string of the molecule is CCc1scc(C(=O)OC)c1NC(=O)NCCCl. The monoisotopic (exact) mass is 290 g/mol. The average molecular weight is 291 g/mol. The number of esters is 1. The minimum absolute atomic E-state index is 0.335. The molecule has 0 atom stereocenters. The number of hydrogen-bond acceptors (Lipinski definition) is 4. The molecule has 2 amide bonds. The van der Waals surface area contributed by atoms with Crippen LogP contribution in [0.3, 0.4) is 0 Å². The summed E-state index contributed by atoms with van der Waals surface area (Å²) in [5, 5.41) is 6.92.